The molecule has 9 heteroatoms. The first-order valence-corrected chi connectivity index (χ1v) is 11.3. The molecule has 0 radical (unpaired) electrons. The molecule has 2 N–H and O–H groups in total. The number of ketones is 1. The number of hydrogen-bond acceptors (Lipinski definition) is 7. The molecule has 1 fully saturated rings. The fourth-order valence-corrected chi connectivity index (χ4v) is 4.29. The van der Waals surface area contributed by atoms with Crippen LogP contribution in [0.5, 0.6) is 0 Å². The van der Waals surface area contributed by atoms with E-state index in [-0.39, 0.29) is 17.2 Å². The highest BCUT2D eigenvalue weighted by Crippen LogP contribution is 2.20. The van der Waals surface area contributed by atoms with E-state index in [4.69, 9.17) is 0 Å². The summed E-state index contributed by atoms with van der Waals surface area (Å²) in [5.74, 6) is 2.17. The number of aryl methyl sites for hydroxylation is 1. The Morgan fingerprint density at radius 1 is 1.07 bits per heavy atom. The third-order valence-corrected chi connectivity index (χ3v) is 6.28. The number of benzene rings is 1. The van der Waals surface area contributed by atoms with Gasteiger partial charge in [0.25, 0.3) is 0 Å². The van der Waals surface area contributed by atoms with Gasteiger partial charge in [0.1, 0.15) is 17.5 Å². The highest BCUT2D eigenvalue weighted by molar-refractivity contribution is 7.89. The number of nitrogens with one attached hydrogen (secondary N) is 2. The average Bonchev–Trinajstić information content (AvgIpc) is 2.71. The van der Waals surface area contributed by atoms with Crippen LogP contribution in [0.15, 0.2) is 35.2 Å². The maximum atomic E-state index is 12.4. The Labute approximate surface area is 171 Å². The zero-order valence-electron chi connectivity index (χ0n) is 16.8. The van der Waals surface area contributed by atoms with Crippen molar-refractivity contribution in [1.82, 2.24) is 14.7 Å². The Morgan fingerprint density at radius 3 is 2.41 bits per heavy atom. The van der Waals surface area contributed by atoms with Crippen molar-refractivity contribution in [2.45, 2.75) is 38.0 Å². The van der Waals surface area contributed by atoms with E-state index in [9.17, 15) is 13.2 Å². The van der Waals surface area contributed by atoms with Gasteiger partial charge in [0.15, 0.2) is 5.78 Å². The highest BCUT2D eigenvalue weighted by Gasteiger charge is 2.15. The summed E-state index contributed by atoms with van der Waals surface area (Å²) in [7, 11) is -3.63. The molecular formula is C20H27N5O3S. The van der Waals surface area contributed by atoms with Crippen molar-refractivity contribution in [3.05, 3.63) is 41.7 Å². The lowest BCUT2D eigenvalue weighted by atomic mass is 10.1. The lowest BCUT2D eigenvalue weighted by Gasteiger charge is -2.28. The minimum atomic E-state index is -3.63. The molecule has 2 aromatic rings. The van der Waals surface area contributed by atoms with Gasteiger partial charge in [0.2, 0.25) is 10.0 Å². The normalized spacial score (nSPS) is 14.6. The number of rotatable bonds is 8. The molecule has 0 unspecified atom stereocenters. The molecule has 0 saturated carbocycles. The van der Waals surface area contributed by atoms with Crippen LogP contribution in [-0.2, 0) is 10.0 Å². The third-order valence-electron chi connectivity index (χ3n) is 4.80. The molecule has 0 aliphatic carbocycles. The van der Waals surface area contributed by atoms with Gasteiger partial charge in [-0.05, 0) is 45.2 Å². The van der Waals surface area contributed by atoms with E-state index < -0.39 is 10.0 Å². The van der Waals surface area contributed by atoms with Gasteiger partial charge < -0.3 is 10.2 Å². The maximum absolute atomic E-state index is 12.4. The van der Waals surface area contributed by atoms with Crippen LogP contribution in [0, 0.1) is 6.92 Å². The number of hydrogen-bond donors (Lipinski definition) is 2. The van der Waals surface area contributed by atoms with Crippen LogP contribution in [0.3, 0.4) is 0 Å². The van der Waals surface area contributed by atoms with Crippen molar-refractivity contribution in [2.75, 3.05) is 36.4 Å². The quantitative estimate of drug-likeness (QED) is 0.502. The van der Waals surface area contributed by atoms with E-state index in [1.54, 1.807) is 0 Å². The van der Waals surface area contributed by atoms with Crippen LogP contribution in [0.25, 0.3) is 0 Å². The van der Waals surface area contributed by atoms with Crippen LogP contribution in [0.1, 0.15) is 42.4 Å². The van der Waals surface area contributed by atoms with Crippen molar-refractivity contribution < 1.29 is 13.2 Å². The molecule has 29 heavy (non-hydrogen) atoms. The standard InChI is InChI=1S/C20H27N5O3S/c1-15(26)17-6-8-18(9-7-17)29(27,28)22-11-10-21-19-14-20(24-16(2)23-19)25-12-4-3-5-13-25/h6-9,14,22H,3-5,10-13H2,1-2H3,(H,21,23,24). The Kier molecular flexibility index (Phi) is 6.81. The molecule has 8 nitrogen and oxygen atoms in total. The number of nitrogens with zero attached hydrogens (tertiary/aromatic N) is 3. The van der Waals surface area contributed by atoms with Gasteiger partial charge in [-0.2, -0.15) is 0 Å². The topological polar surface area (TPSA) is 104 Å². The molecule has 0 spiro atoms. The number of piperidine rings is 1. The van der Waals surface area contributed by atoms with E-state index in [0.717, 1.165) is 18.9 Å². The number of sulfonamides is 1. The molecule has 156 valence electrons. The molecule has 1 saturated heterocycles. The molecule has 1 aliphatic heterocycles. The summed E-state index contributed by atoms with van der Waals surface area (Å²) in [5, 5.41) is 3.16. The maximum Gasteiger partial charge on any atom is 0.240 e. The second kappa shape index (κ2) is 9.32. The smallest absolute Gasteiger partial charge is 0.240 e. The summed E-state index contributed by atoms with van der Waals surface area (Å²) in [6.07, 6.45) is 3.59. The van der Waals surface area contributed by atoms with Gasteiger partial charge in [0.05, 0.1) is 4.90 Å². The predicted molar refractivity (Wildman–Crippen MR) is 113 cm³/mol. The minimum absolute atomic E-state index is 0.102. The molecule has 0 amide bonds. The lowest BCUT2D eigenvalue weighted by molar-refractivity contribution is 0.101. The van der Waals surface area contributed by atoms with Crippen molar-refractivity contribution in [3.8, 4) is 0 Å². The zero-order chi connectivity index (χ0) is 20.9. The summed E-state index contributed by atoms with van der Waals surface area (Å²) in [6, 6.07) is 7.81. The third kappa shape index (κ3) is 5.74. The minimum Gasteiger partial charge on any atom is -0.369 e. The molecule has 1 aromatic carbocycles. The van der Waals surface area contributed by atoms with E-state index >= 15 is 0 Å². The SMILES string of the molecule is CC(=O)c1ccc(S(=O)(=O)NCCNc2cc(N3CCCCC3)nc(C)n2)cc1. The van der Waals surface area contributed by atoms with Gasteiger partial charge in [-0.1, -0.05) is 12.1 Å². The van der Waals surface area contributed by atoms with Crippen molar-refractivity contribution in [2.24, 2.45) is 0 Å². The molecule has 1 aromatic heterocycles. The monoisotopic (exact) mass is 417 g/mol. The number of aromatic nitrogens is 2. The van der Waals surface area contributed by atoms with Crippen molar-refractivity contribution >= 4 is 27.4 Å². The summed E-state index contributed by atoms with van der Waals surface area (Å²) in [5.41, 5.74) is 0.481. The first kappa shape index (κ1) is 21.2. The van der Waals surface area contributed by atoms with Crippen molar-refractivity contribution in [3.63, 3.8) is 0 Å². The molecule has 3 rings (SSSR count). The van der Waals surface area contributed by atoms with Crippen LogP contribution >= 0.6 is 0 Å². The summed E-state index contributed by atoms with van der Waals surface area (Å²) in [4.78, 5) is 22.6. The van der Waals surface area contributed by atoms with E-state index in [0.29, 0.717) is 23.8 Å². The van der Waals surface area contributed by atoms with Gasteiger partial charge in [0, 0.05) is 37.8 Å². The van der Waals surface area contributed by atoms with Crippen LogP contribution in [0.2, 0.25) is 0 Å². The highest BCUT2D eigenvalue weighted by atomic mass is 32.2. The fourth-order valence-electron chi connectivity index (χ4n) is 3.26. The number of anilines is 2. The second-order valence-electron chi connectivity index (χ2n) is 7.11. The van der Waals surface area contributed by atoms with Gasteiger partial charge in [-0.25, -0.2) is 23.1 Å². The Morgan fingerprint density at radius 2 is 1.76 bits per heavy atom. The molecule has 2 heterocycles. The first-order chi connectivity index (χ1) is 13.8. The van der Waals surface area contributed by atoms with Crippen LogP contribution in [0.4, 0.5) is 11.6 Å². The lowest BCUT2D eigenvalue weighted by Crippen LogP contribution is -2.31. The van der Waals surface area contributed by atoms with E-state index in [1.165, 1.54) is 50.5 Å². The molecule has 0 atom stereocenters. The number of carbonyl (C=O) groups is 1. The van der Waals surface area contributed by atoms with Crippen LogP contribution < -0.4 is 14.9 Å². The Bertz CT molecular complexity index is 955. The Hall–Kier alpha value is -2.52. The molecular weight excluding hydrogens is 390 g/mol. The molecule has 0 bridgehead atoms. The van der Waals surface area contributed by atoms with Gasteiger partial charge in [-0.3, -0.25) is 4.79 Å². The van der Waals surface area contributed by atoms with E-state index in [1.807, 2.05) is 13.0 Å². The van der Waals surface area contributed by atoms with Crippen LogP contribution in [-0.4, -0.2) is 50.3 Å². The summed E-state index contributed by atoms with van der Waals surface area (Å²) < 4.78 is 27.3. The van der Waals surface area contributed by atoms with Crippen molar-refractivity contribution in [1.29, 1.82) is 0 Å². The average molecular weight is 418 g/mol. The van der Waals surface area contributed by atoms with E-state index in [2.05, 4.69) is 24.9 Å². The first-order valence-electron chi connectivity index (χ1n) is 9.80. The zero-order valence-corrected chi connectivity index (χ0v) is 17.6. The summed E-state index contributed by atoms with van der Waals surface area (Å²) >= 11 is 0. The molecule has 1 aliphatic rings. The van der Waals surface area contributed by atoms with Gasteiger partial charge >= 0.3 is 0 Å². The number of Topliss-reactive ketones (excluding diaryl/α,β-unsaturated/α-hetero) is 1. The van der Waals surface area contributed by atoms with Gasteiger partial charge in [-0.15, -0.1) is 0 Å². The largest absolute Gasteiger partial charge is 0.369 e. The predicted octanol–water partition coefficient (Wildman–Crippen LogP) is 2.37. The summed E-state index contributed by atoms with van der Waals surface area (Å²) in [6.45, 7) is 5.89. The number of carbonyl (C=O) groups excluding carboxylic acids is 1. The second-order valence-corrected chi connectivity index (χ2v) is 8.88. The fraction of sp³-hybridized carbons (Fsp3) is 0.450. The Balaban J connectivity index is 1.55.